The Balaban J connectivity index is 1.56. The lowest BCUT2D eigenvalue weighted by Gasteiger charge is -2.37. The number of hydrogen-bond acceptors (Lipinski definition) is 2. The molecule has 1 unspecified atom stereocenters. The Morgan fingerprint density at radius 1 is 1.32 bits per heavy atom. The first-order valence-electron chi connectivity index (χ1n) is 9.40. The topological polar surface area (TPSA) is 49.4 Å². The summed E-state index contributed by atoms with van der Waals surface area (Å²) in [6.45, 7) is 3.46. The highest BCUT2D eigenvalue weighted by molar-refractivity contribution is 6.30. The van der Waals surface area contributed by atoms with Crippen molar-refractivity contribution in [3.63, 3.8) is 0 Å². The van der Waals surface area contributed by atoms with Crippen LogP contribution in [-0.2, 0) is 16.0 Å². The van der Waals surface area contributed by atoms with E-state index in [-0.39, 0.29) is 11.8 Å². The number of carbonyl (C=O) groups is 2. The number of hydrogen-bond donors (Lipinski definition) is 1. The molecule has 2 aliphatic rings. The Morgan fingerprint density at radius 2 is 2.12 bits per heavy atom. The zero-order valence-electron chi connectivity index (χ0n) is 14.9. The number of rotatable bonds is 6. The fourth-order valence-electron chi connectivity index (χ4n) is 3.81. The number of nitrogens with one attached hydrogen (secondary N) is 1. The molecule has 1 saturated carbocycles. The first-order chi connectivity index (χ1) is 12.1. The van der Waals surface area contributed by atoms with E-state index in [2.05, 4.69) is 12.2 Å². The third kappa shape index (κ3) is 4.00. The molecule has 1 aliphatic heterocycles. The first-order valence-corrected chi connectivity index (χ1v) is 9.78. The molecule has 0 bridgehead atoms. The van der Waals surface area contributed by atoms with E-state index >= 15 is 0 Å². The van der Waals surface area contributed by atoms with Crippen LogP contribution in [0.4, 0.5) is 0 Å². The molecule has 1 atom stereocenters. The minimum absolute atomic E-state index is 0.0549. The van der Waals surface area contributed by atoms with Crippen LogP contribution in [0, 0.1) is 5.41 Å². The Labute approximate surface area is 154 Å². The summed E-state index contributed by atoms with van der Waals surface area (Å²) in [5, 5.41) is 3.68. The molecule has 1 N–H and O–H groups in total. The molecular formula is C20H27ClN2O2. The lowest BCUT2D eigenvalue weighted by Crippen LogP contribution is -2.51. The molecule has 1 saturated heterocycles. The van der Waals surface area contributed by atoms with E-state index in [4.69, 9.17) is 11.6 Å². The van der Waals surface area contributed by atoms with Crippen molar-refractivity contribution in [2.75, 3.05) is 13.1 Å². The molecule has 136 valence electrons. The van der Waals surface area contributed by atoms with Gasteiger partial charge in [-0.05, 0) is 62.6 Å². The number of amides is 2. The second-order valence-corrected chi connectivity index (χ2v) is 7.71. The first kappa shape index (κ1) is 18.2. The van der Waals surface area contributed by atoms with Gasteiger partial charge in [0.15, 0.2) is 0 Å². The van der Waals surface area contributed by atoms with Gasteiger partial charge in [-0.2, -0.15) is 0 Å². The molecule has 5 heteroatoms. The molecule has 0 spiro atoms. The van der Waals surface area contributed by atoms with Crippen LogP contribution in [-0.4, -0.2) is 35.8 Å². The fraction of sp³-hybridized carbons (Fsp3) is 0.600. The SMILES string of the molecule is CCC1CCCCN1C(=O)C1(C(=O)NCCc2cccc(Cl)c2)CC1. The van der Waals surface area contributed by atoms with Crippen LogP contribution in [0.3, 0.4) is 0 Å². The maximum atomic E-state index is 13.0. The quantitative estimate of drug-likeness (QED) is 0.786. The highest BCUT2D eigenvalue weighted by Gasteiger charge is 2.58. The highest BCUT2D eigenvalue weighted by atomic mass is 35.5. The Hall–Kier alpha value is -1.55. The summed E-state index contributed by atoms with van der Waals surface area (Å²) in [5.74, 6) is -0.0424. The normalized spacial score (nSPS) is 21.7. The van der Waals surface area contributed by atoms with E-state index in [9.17, 15) is 9.59 Å². The Bertz CT molecular complexity index is 642. The average molecular weight is 363 g/mol. The van der Waals surface area contributed by atoms with Gasteiger partial charge in [0.25, 0.3) is 0 Å². The minimum Gasteiger partial charge on any atom is -0.355 e. The van der Waals surface area contributed by atoms with Crippen molar-refractivity contribution in [1.82, 2.24) is 10.2 Å². The lowest BCUT2D eigenvalue weighted by molar-refractivity contribution is -0.147. The summed E-state index contributed by atoms with van der Waals surface area (Å²) in [6.07, 6.45) is 6.35. The zero-order valence-corrected chi connectivity index (χ0v) is 15.6. The monoisotopic (exact) mass is 362 g/mol. The minimum atomic E-state index is -0.793. The molecule has 0 radical (unpaired) electrons. The van der Waals surface area contributed by atoms with Gasteiger partial charge in [0.2, 0.25) is 11.8 Å². The van der Waals surface area contributed by atoms with Crippen LogP contribution in [0.5, 0.6) is 0 Å². The number of halogens is 1. The number of likely N-dealkylation sites (tertiary alicyclic amines) is 1. The summed E-state index contributed by atoms with van der Waals surface area (Å²) in [6, 6.07) is 7.95. The molecule has 1 aliphatic carbocycles. The van der Waals surface area contributed by atoms with Gasteiger partial charge in [0.1, 0.15) is 5.41 Å². The van der Waals surface area contributed by atoms with E-state index in [0.29, 0.717) is 30.5 Å². The number of piperidine rings is 1. The van der Waals surface area contributed by atoms with E-state index in [1.807, 2.05) is 29.2 Å². The van der Waals surface area contributed by atoms with Crippen LogP contribution in [0.2, 0.25) is 5.02 Å². The smallest absolute Gasteiger partial charge is 0.238 e. The van der Waals surface area contributed by atoms with Crippen LogP contribution < -0.4 is 5.32 Å². The predicted molar refractivity (Wildman–Crippen MR) is 99.5 cm³/mol. The lowest BCUT2D eigenvalue weighted by atomic mass is 9.95. The Kier molecular flexibility index (Phi) is 5.67. The van der Waals surface area contributed by atoms with Gasteiger partial charge < -0.3 is 10.2 Å². The largest absolute Gasteiger partial charge is 0.355 e. The van der Waals surface area contributed by atoms with Gasteiger partial charge in [-0.15, -0.1) is 0 Å². The van der Waals surface area contributed by atoms with Crippen molar-refractivity contribution in [2.24, 2.45) is 5.41 Å². The molecule has 4 nitrogen and oxygen atoms in total. The van der Waals surface area contributed by atoms with Crippen LogP contribution in [0.1, 0.15) is 51.0 Å². The van der Waals surface area contributed by atoms with Crippen LogP contribution in [0.15, 0.2) is 24.3 Å². The fourth-order valence-corrected chi connectivity index (χ4v) is 4.03. The van der Waals surface area contributed by atoms with Crippen LogP contribution >= 0.6 is 11.6 Å². The van der Waals surface area contributed by atoms with Crippen molar-refractivity contribution in [3.8, 4) is 0 Å². The van der Waals surface area contributed by atoms with Crippen molar-refractivity contribution in [3.05, 3.63) is 34.9 Å². The number of benzene rings is 1. The molecule has 2 fully saturated rings. The van der Waals surface area contributed by atoms with E-state index in [1.165, 1.54) is 6.42 Å². The van der Waals surface area contributed by atoms with Crippen molar-refractivity contribution in [2.45, 2.75) is 57.9 Å². The standard InChI is InChI=1S/C20H27ClN2O2/c1-2-17-8-3-4-13-23(17)19(25)20(10-11-20)18(24)22-12-9-15-6-5-7-16(21)14-15/h5-7,14,17H,2-4,8-13H2,1H3,(H,22,24). The van der Waals surface area contributed by atoms with Gasteiger partial charge >= 0.3 is 0 Å². The molecule has 3 rings (SSSR count). The second-order valence-electron chi connectivity index (χ2n) is 7.27. The second kappa shape index (κ2) is 7.77. The third-order valence-electron chi connectivity index (χ3n) is 5.54. The Morgan fingerprint density at radius 3 is 2.80 bits per heavy atom. The maximum absolute atomic E-state index is 13.0. The van der Waals surface area contributed by atoms with Crippen molar-refractivity contribution >= 4 is 23.4 Å². The molecule has 25 heavy (non-hydrogen) atoms. The van der Waals surface area contributed by atoms with Crippen molar-refractivity contribution < 1.29 is 9.59 Å². The zero-order chi connectivity index (χ0) is 17.9. The molecule has 1 aromatic rings. The van der Waals surface area contributed by atoms with Gasteiger partial charge in [0, 0.05) is 24.2 Å². The van der Waals surface area contributed by atoms with Crippen LogP contribution in [0.25, 0.3) is 0 Å². The summed E-state index contributed by atoms with van der Waals surface area (Å²) < 4.78 is 0. The van der Waals surface area contributed by atoms with Crippen molar-refractivity contribution in [1.29, 1.82) is 0 Å². The van der Waals surface area contributed by atoms with E-state index in [0.717, 1.165) is 37.8 Å². The highest BCUT2D eigenvalue weighted by Crippen LogP contribution is 2.48. The molecular weight excluding hydrogens is 336 g/mol. The summed E-state index contributed by atoms with van der Waals surface area (Å²) in [4.78, 5) is 27.7. The summed E-state index contributed by atoms with van der Waals surface area (Å²) in [5.41, 5.74) is 0.296. The summed E-state index contributed by atoms with van der Waals surface area (Å²) in [7, 11) is 0. The molecule has 1 aromatic carbocycles. The van der Waals surface area contributed by atoms with Gasteiger partial charge in [-0.3, -0.25) is 9.59 Å². The maximum Gasteiger partial charge on any atom is 0.238 e. The van der Waals surface area contributed by atoms with Gasteiger partial charge in [-0.25, -0.2) is 0 Å². The van der Waals surface area contributed by atoms with Gasteiger partial charge in [-0.1, -0.05) is 30.7 Å². The molecule has 0 aromatic heterocycles. The molecule has 2 amide bonds. The van der Waals surface area contributed by atoms with E-state index < -0.39 is 5.41 Å². The van der Waals surface area contributed by atoms with E-state index in [1.54, 1.807) is 0 Å². The third-order valence-corrected chi connectivity index (χ3v) is 5.78. The van der Waals surface area contributed by atoms with Gasteiger partial charge in [0.05, 0.1) is 0 Å². The predicted octanol–water partition coefficient (Wildman–Crippen LogP) is 3.57. The number of carbonyl (C=O) groups excluding carboxylic acids is 2. The molecule has 1 heterocycles. The average Bonchev–Trinajstić information content (AvgIpc) is 3.43. The number of nitrogens with zero attached hydrogens (tertiary/aromatic N) is 1. The summed E-state index contributed by atoms with van der Waals surface area (Å²) >= 11 is 5.99.